The molecule has 2 saturated heterocycles. The molecule has 2 bridgehead atoms. The molecule has 3 fully saturated rings. The number of hydrogen-bond acceptors (Lipinski definition) is 5. The van der Waals surface area contributed by atoms with E-state index >= 15 is 0 Å². The maximum absolute atomic E-state index is 13.1. The van der Waals surface area contributed by atoms with Gasteiger partial charge in [0.1, 0.15) is 6.10 Å². The zero-order valence-electron chi connectivity index (χ0n) is 14.7. The van der Waals surface area contributed by atoms with Crippen molar-refractivity contribution in [1.82, 2.24) is 4.90 Å². The van der Waals surface area contributed by atoms with Gasteiger partial charge in [-0.3, -0.25) is 4.90 Å². The maximum Gasteiger partial charge on any atom is 0.344 e. The maximum atomic E-state index is 13.1. The summed E-state index contributed by atoms with van der Waals surface area (Å²) in [6.45, 7) is 0. The third-order valence-electron chi connectivity index (χ3n) is 6.52. The Hall–Kier alpha value is -0.620. The predicted molar refractivity (Wildman–Crippen MR) is 101 cm³/mol. The van der Waals surface area contributed by atoms with E-state index in [0.29, 0.717) is 12.1 Å². The molecule has 4 rings (SSSR count). The van der Waals surface area contributed by atoms with Crippen LogP contribution in [0.15, 0.2) is 17.5 Å². The number of thiophene rings is 1. The minimum atomic E-state index is -1.46. The second-order valence-electron chi connectivity index (χ2n) is 7.71. The number of halogens is 1. The van der Waals surface area contributed by atoms with Crippen LogP contribution < -0.4 is 0 Å². The van der Waals surface area contributed by atoms with Crippen molar-refractivity contribution in [3.05, 3.63) is 22.4 Å². The van der Waals surface area contributed by atoms with Crippen LogP contribution in [0.25, 0.3) is 0 Å². The fraction of sp³-hybridized carbons (Fsp3) is 0.737. The lowest BCUT2D eigenvalue weighted by molar-refractivity contribution is -0.183. The smallest absolute Gasteiger partial charge is 0.344 e. The number of carbonyl (C=O) groups excluding carboxylic acids is 1. The highest BCUT2D eigenvalue weighted by atomic mass is 35.5. The van der Waals surface area contributed by atoms with Crippen LogP contribution in [0.2, 0.25) is 0 Å². The molecule has 0 spiro atoms. The van der Waals surface area contributed by atoms with Gasteiger partial charge in [-0.25, -0.2) is 4.79 Å². The van der Waals surface area contributed by atoms with Crippen molar-refractivity contribution in [2.24, 2.45) is 5.92 Å². The summed E-state index contributed by atoms with van der Waals surface area (Å²) in [5, 5.41) is 13.4. The molecule has 1 aromatic rings. The standard InChI is InChI=1S/C19H27NO3S.ClH/c1-20-14-8-10-15(20)16(11-9-14)23-18(21)19(22,13-5-2-3-6-13)17-7-4-12-24-17;/h4,7,12-16,22H,2-3,5-6,8-11H2,1H3;1H/t14-,15-,16+,19-;/m0./s1. The van der Waals surface area contributed by atoms with E-state index in [1.807, 2.05) is 17.5 Å². The van der Waals surface area contributed by atoms with Gasteiger partial charge in [0.15, 0.2) is 5.60 Å². The first-order chi connectivity index (χ1) is 11.6. The topological polar surface area (TPSA) is 49.8 Å². The summed E-state index contributed by atoms with van der Waals surface area (Å²) in [5.41, 5.74) is -1.46. The van der Waals surface area contributed by atoms with Gasteiger partial charge in [-0.05, 0) is 57.0 Å². The summed E-state index contributed by atoms with van der Waals surface area (Å²) in [7, 11) is 2.14. The van der Waals surface area contributed by atoms with Gasteiger partial charge >= 0.3 is 5.97 Å². The Morgan fingerprint density at radius 1 is 1.24 bits per heavy atom. The highest BCUT2D eigenvalue weighted by Crippen LogP contribution is 2.44. The quantitative estimate of drug-likeness (QED) is 0.802. The van der Waals surface area contributed by atoms with Crippen molar-refractivity contribution in [3.8, 4) is 0 Å². The van der Waals surface area contributed by atoms with E-state index in [1.54, 1.807) is 0 Å². The van der Waals surface area contributed by atoms with Crippen molar-refractivity contribution >= 4 is 29.7 Å². The monoisotopic (exact) mass is 385 g/mol. The Balaban J connectivity index is 0.00000182. The minimum Gasteiger partial charge on any atom is -0.458 e. The van der Waals surface area contributed by atoms with Gasteiger partial charge in [0.2, 0.25) is 0 Å². The molecule has 6 heteroatoms. The number of aliphatic hydroxyl groups is 1. The lowest BCUT2D eigenvalue weighted by Gasteiger charge is -2.39. The highest BCUT2D eigenvalue weighted by Gasteiger charge is 2.51. The van der Waals surface area contributed by atoms with E-state index in [-0.39, 0.29) is 24.4 Å². The molecule has 3 heterocycles. The zero-order chi connectivity index (χ0) is 16.7. The Morgan fingerprint density at radius 3 is 2.64 bits per heavy atom. The molecule has 4 nitrogen and oxygen atoms in total. The SMILES string of the molecule is CN1[C@@H]2CC[C@@H](OC(=O)[C@@](O)(c3cccs3)C3CCCC3)[C@@H]1CC2.Cl. The van der Waals surface area contributed by atoms with E-state index in [2.05, 4.69) is 11.9 Å². The normalized spacial score (nSPS) is 32.2. The van der Waals surface area contributed by atoms with E-state index in [1.165, 1.54) is 17.8 Å². The average Bonchev–Trinajstić information content (AvgIpc) is 3.31. The summed E-state index contributed by atoms with van der Waals surface area (Å²) >= 11 is 1.46. The number of hydrogen-bond donors (Lipinski definition) is 1. The first-order valence-corrected chi connectivity index (χ1v) is 10.2. The van der Waals surface area contributed by atoms with Gasteiger partial charge in [-0.1, -0.05) is 18.9 Å². The number of carbonyl (C=O) groups is 1. The number of piperidine rings is 1. The van der Waals surface area contributed by atoms with Gasteiger partial charge < -0.3 is 9.84 Å². The molecule has 1 N–H and O–H groups in total. The van der Waals surface area contributed by atoms with Crippen LogP contribution >= 0.6 is 23.7 Å². The molecule has 1 saturated carbocycles. The number of esters is 1. The largest absolute Gasteiger partial charge is 0.458 e. The summed E-state index contributed by atoms with van der Waals surface area (Å²) in [4.78, 5) is 16.2. The van der Waals surface area contributed by atoms with E-state index < -0.39 is 11.6 Å². The van der Waals surface area contributed by atoms with Gasteiger partial charge in [-0.15, -0.1) is 23.7 Å². The molecule has 4 atom stereocenters. The van der Waals surface area contributed by atoms with E-state index in [0.717, 1.165) is 49.8 Å². The van der Waals surface area contributed by atoms with Crippen molar-refractivity contribution in [3.63, 3.8) is 0 Å². The van der Waals surface area contributed by atoms with Crippen LogP contribution in [-0.4, -0.2) is 41.2 Å². The lowest BCUT2D eigenvalue weighted by Crippen LogP contribution is -2.50. The fourth-order valence-electron chi connectivity index (χ4n) is 5.06. The first kappa shape index (κ1) is 19.2. The summed E-state index contributed by atoms with van der Waals surface area (Å²) in [6.07, 6.45) is 8.22. The van der Waals surface area contributed by atoms with Gasteiger partial charge in [0.25, 0.3) is 0 Å². The number of likely N-dealkylation sites (N-methyl/N-ethyl adjacent to an activating group) is 1. The number of fused-ring (bicyclic) bond motifs is 2. The molecule has 140 valence electrons. The van der Waals surface area contributed by atoms with Crippen molar-refractivity contribution < 1.29 is 14.6 Å². The third kappa shape index (κ3) is 3.25. The Bertz CT molecular complexity index is 589. The van der Waals surface area contributed by atoms with Crippen LogP contribution in [0.5, 0.6) is 0 Å². The second kappa shape index (κ2) is 7.55. The minimum absolute atomic E-state index is 0. The Kier molecular flexibility index (Phi) is 5.78. The summed E-state index contributed by atoms with van der Waals surface area (Å²) in [6, 6.07) is 4.76. The molecule has 0 amide bonds. The first-order valence-electron chi connectivity index (χ1n) is 9.30. The van der Waals surface area contributed by atoms with Crippen LogP contribution in [0.1, 0.15) is 56.2 Å². The summed E-state index contributed by atoms with van der Waals surface area (Å²) in [5.74, 6) is -0.429. The second-order valence-corrected chi connectivity index (χ2v) is 8.66. The van der Waals surface area contributed by atoms with E-state index in [4.69, 9.17) is 4.74 Å². The number of rotatable bonds is 4. The van der Waals surface area contributed by atoms with Crippen LogP contribution in [-0.2, 0) is 15.1 Å². The number of nitrogens with zero attached hydrogens (tertiary/aromatic N) is 1. The van der Waals surface area contributed by atoms with Crippen molar-refractivity contribution in [2.75, 3.05) is 7.05 Å². The van der Waals surface area contributed by atoms with Crippen molar-refractivity contribution in [2.45, 2.75) is 75.2 Å². The Labute approximate surface area is 160 Å². The zero-order valence-corrected chi connectivity index (χ0v) is 16.4. The van der Waals surface area contributed by atoms with Crippen LogP contribution in [0.4, 0.5) is 0 Å². The highest BCUT2D eigenvalue weighted by molar-refractivity contribution is 7.10. The third-order valence-corrected chi connectivity index (χ3v) is 7.52. The molecule has 2 aliphatic heterocycles. The molecule has 25 heavy (non-hydrogen) atoms. The number of ether oxygens (including phenoxy) is 1. The van der Waals surface area contributed by atoms with Gasteiger partial charge in [-0.2, -0.15) is 0 Å². The van der Waals surface area contributed by atoms with Gasteiger partial charge in [0, 0.05) is 22.9 Å². The molecule has 0 radical (unpaired) electrons. The lowest BCUT2D eigenvalue weighted by atomic mass is 9.84. The van der Waals surface area contributed by atoms with E-state index in [9.17, 15) is 9.90 Å². The van der Waals surface area contributed by atoms with Crippen molar-refractivity contribution in [1.29, 1.82) is 0 Å². The average molecular weight is 386 g/mol. The fourth-order valence-corrected chi connectivity index (χ4v) is 5.95. The summed E-state index contributed by atoms with van der Waals surface area (Å²) < 4.78 is 5.97. The molecule has 0 aromatic carbocycles. The Morgan fingerprint density at radius 2 is 1.96 bits per heavy atom. The molecule has 3 aliphatic rings. The van der Waals surface area contributed by atoms with Crippen LogP contribution in [0, 0.1) is 5.92 Å². The molecule has 0 unspecified atom stereocenters. The predicted octanol–water partition coefficient (Wildman–Crippen LogP) is 3.72. The van der Waals surface area contributed by atoms with Crippen LogP contribution in [0.3, 0.4) is 0 Å². The molecule has 1 aliphatic carbocycles. The molecular weight excluding hydrogens is 358 g/mol. The van der Waals surface area contributed by atoms with Gasteiger partial charge in [0.05, 0.1) is 0 Å². The molecular formula is C19H28ClNO3S. The molecule has 1 aromatic heterocycles.